The second-order valence-corrected chi connectivity index (χ2v) is 7.10. The number of carbonyl (C=O) groups excluding carboxylic acids is 2. The number of benzene rings is 2. The number of para-hydroxylation sites is 1. The molecule has 2 amide bonds. The van der Waals surface area contributed by atoms with Gasteiger partial charge in [0.15, 0.2) is 0 Å². The van der Waals surface area contributed by atoms with E-state index in [2.05, 4.69) is 22.5 Å². The third-order valence-electron chi connectivity index (χ3n) is 4.94. The number of carbonyl (C=O) groups is 2. The van der Waals surface area contributed by atoms with E-state index in [-0.39, 0.29) is 5.91 Å². The van der Waals surface area contributed by atoms with Gasteiger partial charge in [0.05, 0.1) is 36.3 Å². The molecular formula is C24H21FN4O3. The Morgan fingerprint density at radius 3 is 2.78 bits per heavy atom. The summed E-state index contributed by atoms with van der Waals surface area (Å²) in [5.74, 6) is -0.727. The zero-order valence-corrected chi connectivity index (χ0v) is 17.3. The van der Waals surface area contributed by atoms with Crippen molar-refractivity contribution in [3.8, 4) is 11.4 Å². The fourth-order valence-corrected chi connectivity index (χ4v) is 3.39. The summed E-state index contributed by atoms with van der Waals surface area (Å²) in [4.78, 5) is 24.5. The van der Waals surface area contributed by atoms with Crippen LogP contribution >= 0.6 is 0 Å². The van der Waals surface area contributed by atoms with Crippen LogP contribution in [-0.4, -0.2) is 30.0 Å². The number of anilines is 2. The molecule has 0 aliphatic carbocycles. The number of hydrogen-bond acceptors (Lipinski definition) is 4. The maximum atomic E-state index is 13.9. The van der Waals surface area contributed by atoms with Crippen molar-refractivity contribution in [2.45, 2.75) is 0 Å². The third-order valence-corrected chi connectivity index (χ3v) is 4.94. The molecule has 0 saturated heterocycles. The molecule has 0 spiro atoms. The predicted molar refractivity (Wildman–Crippen MR) is 121 cm³/mol. The average Bonchev–Trinajstić information content (AvgIpc) is 3.22. The quantitative estimate of drug-likeness (QED) is 0.515. The first-order valence-corrected chi connectivity index (χ1v) is 9.82. The van der Waals surface area contributed by atoms with Crippen LogP contribution < -0.4 is 20.7 Å². The summed E-state index contributed by atoms with van der Waals surface area (Å²) >= 11 is 0. The van der Waals surface area contributed by atoms with Crippen molar-refractivity contribution in [2.24, 2.45) is 0 Å². The largest absolute Gasteiger partial charge is 0.497 e. The molecule has 1 aliphatic heterocycles. The van der Waals surface area contributed by atoms with Crippen LogP contribution in [0.3, 0.4) is 0 Å². The van der Waals surface area contributed by atoms with E-state index in [4.69, 9.17) is 4.74 Å². The van der Waals surface area contributed by atoms with Gasteiger partial charge in [0, 0.05) is 35.8 Å². The number of amides is 2. The van der Waals surface area contributed by atoms with E-state index in [0.717, 1.165) is 17.3 Å². The molecule has 0 saturated carbocycles. The van der Waals surface area contributed by atoms with E-state index in [9.17, 15) is 14.0 Å². The minimum Gasteiger partial charge on any atom is -0.497 e. The monoisotopic (exact) mass is 432 g/mol. The van der Waals surface area contributed by atoms with Crippen LogP contribution in [0.4, 0.5) is 15.8 Å². The molecule has 0 bridgehead atoms. The molecule has 0 atom stereocenters. The summed E-state index contributed by atoms with van der Waals surface area (Å²) in [5, 5.41) is 8.76. The first kappa shape index (κ1) is 20.9. The van der Waals surface area contributed by atoms with Gasteiger partial charge in [0.25, 0.3) is 5.91 Å². The molecule has 7 nitrogen and oxygen atoms in total. The van der Waals surface area contributed by atoms with Crippen LogP contribution in [0, 0.1) is 5.82 Å². The number of hydrogen-bond donors (Lipinski definition) is 3. The van der Waals surface area contributed by atoms with Crippen molar-refractivity contribution < 1.29 is 18.7 Å². The van der Waals surface area contributed by atoms with Gasteiger partial charge in [-0.2, -0.15) is 0 Å². The lowest BCUT2D eigenvalue weighted by Crippen LogP contribution is -2.29. The Morgan fingerprint density at radius 1 is 1.19 bits per heavy atom. The summed E-state index contributed by atoms with van der Waals surface area (Å²) < 4.78 is 20.8. The number of aromatic nitrogens is 1. The highest BCUT2D eigenvalue weighted by Gasteiger charge is 2.18. The predicted octanol–water partition coefficient (Wildman–Crippen LogP) is 3.95. The van der Waals surface area contributed by atoms with E-state index in [1.807, 2.05) is 18.5 Å². The van der Waals surface area contributed by atoms with Gasteiger partial charge < -0.3 is 25.3 Å². The highest BCUT2D eigenvalue weighted by atomic mass is 19.1. The zero-order valence-electron chi connectivity index (χ0n) is 17.3. The van der Waals surface area contributed by atoms with Crippen LogP contribution in [-0.2, 0) is 4.79 Å². The average molecular weight is 432 g/mol. The van der Waals surface area contributed by atoms with Crippen LogP contribution in [0.2, 0.25) is 0 Å². The van der Waals surface area contributed by atoms with Gasteiger partial charge >= 0.3 is 0 Å². The molecule has 0 unspecified atom stereocenters. The lowest BCUT2D eigenvalue weighted by Gasteiger charge is -2.17. The Labute approximate surface area is 184 Å². The van der Waals surface area contributed by atoms with Crippen LogP contribution in [0.25, 0.3) is 11.8 Å². The standard InChI is InChI=1S/C24H21FN4O3/c1-3-23(30)28-21-7-5-4-6-20(21)24(31)27-17-8-15-13-29(14-22(15)26-12-17)18-9-16(25)10-19(11-18)32-2/h3-11,13-14,26H,1,12H2,2H3,(H,27,31)(H,28,30). The van der Waals surface area contributed by atoms with E-state index in [1.54, 1.807) is 34.9 Å². The van der Waals surface area contributed by atoms with Gasteiger partial charge in [0.1, 0.15) is 11.6 Å². The molecule has 162 valence electrons. The van der Waals surface area contributed by atoms with Crippen molar-refractivity contribution in [2.75, 3.05) is 24.3 Å². The third kappa shape index (κ3) is 4.39. The number of halogens is 1. The molecule has 1 aromatic heterocycles. The summed E-state index contributed by atoms with van der Waals surface area (Å²) in [6.07, 6.45) is 6.67. The van der Waals surface area contributed by atoms with Gasteiger partial charge in [-0.25, -0.2) is 4.39 Å². The van der Waals surface area contributed by atoms with Crippen molar-refractivity contribution >= 4 is 29.3 Å². The molecule has 0 fully saturated rings. The Bertz CT molecular complexity index is 1250. The summed E-state index contributed by atoms with van der Waals surface area (Å²) in [7, 11) is 1.49. The number of fused-ring (bicyclic) bond motifs is 1. The number of ether oxygens (including phenoxy) is 1. The second kappa shape index (κ2) is 8.81. The Hall–Kier alpha value is -4.33. The van der Waals surface area contributed by atoms with E-state index in [1.165, 1.54) is 19.2 Å². The molecule has 2 heterocycles. The molecule has 8 heteroatoms. The molecular weight excluding hydrogens is 411 g/mol. The SMILES string of the molecule is C=CC(=O)Nc1ccccc1C(=O)NC1=Cc2cn(-c3cc(F)cc(OC)c3)cc2NC1. The zero-order chi connectivity index (χ0) is 22.7. The number of rotatable bonds is 6. The lowest BCUT2D eigenvalue weighted by molar-refractivity contribution is -0.111. The van der Waals surface area contributed by atoms with Gasteiger partial charge in [-0.3, -0.25) is 9.59 Å². The summed E-state index contributed by atoms with van der Waals surface area (Å²) in [6.45, 7) is 3.82. The van der Waals surface area contributed by atoms with E-state index in [0.29, 0.717) is 34.9 Å². The number of methoxy groups -OCH3 is 1. The maximum absolute atomic E-state index is 13.9. The van der Waals surface area contributed by atoms with Crippen LogP contribution in [0.15, 0.2) is 73.2 Å². The molecule has 32 heavy (non-hydrogen) atoms. The van der Waals surface area contributed by atoms with Crippen molar-refractivity contribution in [1.82, 2.24) is 9.88 Å². The van der Waals surface area contributed by atoms with Crippen molar-refractivity contribution in [1.29, 1.82) is 0 Å². The van der Waals surface area contributed by atoms with Gasteiger partial charge in [0.2, 0.25) is 5.91 Å². The Morgan fingerprint density at radius 2 is 2.00 bits per heavy atom. The Balaban J connectivity index is 1.56. The maximum Gasteiger partial charge on any atom is 0.257 e. The molecule has 4 rings (SSSR count). The minimum absolute atomic E-state index is 0.332. The number of nitrogens with zero attached hydrogens (tertiary/aromatic N) is 1. The van der Waals surface area contributed by atoms with Gasteiger partial charge in [-0.15, -0.1) is 0 Å². The second-order valence-electron chi connectivity index (χ2n) is 7.10. The highest BCUT2D eigenvalue weighted by Crippen LogP contribution is 2.28. The lowest BCUT2D eigenvalue weighted by atomic mass is 10.1. The highest BCUT2D eigenvalue weighted by molar-refractivity contribution is 6.07. The van der Waals surface area contributed by atoms with E-state index < -0.39 is 11.7 Å². The van der Waals surface area contributed by atoms with Gasteiger partial charge in [-0.05, 0) is 30.4 Å². The fourth-order valence-electron chi connectivity index (χ4n) is 3.39. The molecule has 0 radical (unpaired) electrons. The topological polar surface area (TPSA) is 84.4 Å². The summed E-state index contributed by atoms with van der Waals surface area (Å²) in [6, 6.07) is 11.2. The fraction of sp³-hybridized carbons (Fsp3) is 0.0833. The first-order valence-electron chi connectivity index (χ1n) is 9.82. The molecule has 3 aromatic rings. The molecule has 1 aliphatic rings. The van der Waals surface area contributed by atoms with Crippen molar-refractivity contribution in [3.05, 3.63) is 90.2 Å². The van der Waals surface area contributed by atoms with Crippen LogP contribution in [0.5, 0.6) is 5.75 Å². The van der Waals surface area contributed by atoms with Gasteiger partial charge in [-0.1, -0.05) is 18.7 Å². The molecule has 2 aromatic carbocycles. The van der Waals surface area contributed by atoms with E-state index >= 15 is 0 Å². The first-order chi connectivity index (χ1) is 15.5. The minimum atomic E-state index is -0.399. The van der Waals surface area contributed by atoms with Crippen LogP contribution in [0.1, 0.15) is 15.9 Å². The number of nitrogens with one attached hydrogen (secondary N) is 3. The Kier molecular flexibility index (Phi) is 5.76. The molecule has 3 N–H and O–H groups in total. The normalized spacial score (nSPS) is 12.1. The van der Waals surface area contributed by atoms with Crippen molar-refractivity contribution in [3.63, 3.8) is 0 Å². The smallest absolute Gasteiger partial charge is 0.257 e. The summed E-state index contributed by atoms with van der Waals surface area (Å²) in [5.41, 5.74) is 3.68.